The van der Waals surface area contributed by atoms with Gasteiger partial charge in [0, 0.05) is 0 Å². The fourth-order valence-electron chi connectivity index (χ4n) is 2.02. The number of amides is 1. The Hall–Kier alpha value is -2.33. The molecule has 1 atom stereocenters. The Kier molecular flexibility index (Phi) is 5.35. The predicted octanol–water partition coefficient (Wildman–Crippen LogP) is 2.22. The van der Waals surface area contributed by atoms with Gasteiger partial charge in [-0.2, -0.15) is 0 Å². The summed E-state index contributed by atoms with van der Waals surface area (Å²) in [6, 6.07) is 16.5. The first-order valence-electron chi connectivity index (χ1n) is 6.84. The third-order valence-corrected chi connectivity index (χ3v) is 3.17. The van der Waals surface area contributed by atoms with Crippen molar-refractivity contribution in [1.29, 1.82) is 0 Å². The van der Waals surface area contributed by atoms with E-state index in [1.807, 2.05) is 61.5 Å². The van der Waals surface area contributed by atoms with E-state index in [4.69, 9.17) is 4.74 Å². The van der Waals surface area contributed by atoms with Crippen LogP contribution in [0.1, 0.15) is 17.2 Å². The molecule has 4 nitrogen and oxygen atoms in total. The van der Waals surface area contributed by atoms with Crippen LogP contribution in [0.4, 0.5) is 0 Å². The van der Waals surface area contributed by atoms with Crippen molar-refractivity contribution in [3.05, 3.63) is 65.7 Å². The maximum absolute atomic E-state index is 11.9. The maximum atomic E-state index is 11.9. The summed E-state index contributed by atoms with van der Waals surface area (Å²) in [5, 5.41) is 12.2. The Morgan fingerprint density at radius 1 is 1.14 bits per heavy atom. The van der Waals surface area contributed by atoms with E-state index in [2.05, 4.69) is 5.32 Å². The van der Waals surface area contributed by atoms with Crippen LogP contribution in [0.2, 0.25) is 0 Å². The van der Waals surface area contributed by atoms with Gasteiger partial charge >= 0.3 is 0 Å². The minimum absolute atomic E-state index is 0.0752. The first kappa shape index (κ1) is 15.1. The Bertz CT molecular complexity index is 584. The molecular weight excluding hydrogens is 266 g/mol. The van der Waals surface area contributed by atoms with Gasteiger partial charge in [0.25, 0.3) is 5.91 Å². The minimum atomic E-state index is -0.417. The molecule has 0 fully saturated rings. The van der Waals surface area contributed by atoms with Gasteiger partial charge in [-0.3, -0.25) is 4.79 Å². The molecule has 0 aliphatic carbocycles. The molecule has 1 amide bonds. The maximum Gasteiger partial charge on any atom is 0.258 e. The van der Waals surface area contributed by atoms with Crippen LogP contribution in [0, 0.1) is 6.92 Å². The Morgan fingerprint density at radius 3 is 2.48 bits per heavy atom. The van der Waals surface area contributed by atoms with E-state index in [9.17, 15) is 9.90 Å². The lowest BCUT2D eigenvalue weighted by atomic mass is 10.1. The van der Waals surface area contributed by atoms with Crippen LogP contribution in [0.3, 0.4) is 0 Å². The molecule has 21 heavy (non-hydrogen) atoms. The van der Waals surface area contributed by atoms with Crippen molar-refractivity contribution in [2.24, 2.45) is 0 Å². The van der Waals surface area contributed by atoms with Gasteiger partial charge in [0.05, 0.1) is 12.6 Å². The fourth-order valence-corrected chi connectivity index (χ4v) is 2.02. The predicted molar refractivity (Wildman–Crippen MR) is 81.1 cm³/mol. The van der Waals surface area contributed by atoms with E-state index < -0.39 is 6.04 Å². The zero-order chi connectivity index (χ0) is 15.1. The number of aliphatic hydroxyl groups is 1. The van der Waals surface area contributed by atoms with Crippen LogP contribution in [0.5, 0.6) is 5.75 Å². The smallest absolute Gasteiger partial charge is 0.258 e. The topological polar surface area (TPSA) is 58.6 Å². The molecule has 2 rings (SSSR count). The summed E-state index contributed by atoms with van der Waals surface area (Å²) in [6.45, 7) is 1.70. The van der Waals surface area contributed by atoms with Crippen LogP contribution in [-0.4, -0.2) is 24.2 Å². The second-order valence-electron chi connectivity index (χ2n) is 4.77. The van der Waals surface area contributed by atoms with Crippen molar-refractivity contribution in [3.63, 3.8) is 0 Å². The van der Waals surface area contributed by atoms with E-state index >= 15 is 0 Å². The summed E-state index contributed by atoms with van der Waals surface area (Å²) in [7, 11) is 0. The molecule has 0 bridgehead atoms. The van der Waals surface area contributed by atoms with Crippen molar-refractivity contribution in [2.75, 3.05) is 13.2 Å². The van der Waals surface area contributed by atoms with Gasteiger partial charge in [-0.25, -0.2) is 0 Å². The van der Waals surface area contributed by atoms with Gasteiger partial charge in [-0.05, 0) is 24.1 Å². The molecule has 0 radical (unpaired) electrons. The molecule has 2 aromatic carbocycles. The number of para-hydroxylation sites is 1. The van der Waals surface area contributed by atoms with Gasteiger partial charge in [0.1, 0.15) is 5.75 Å². The highest BCUT2D eigenvalue weighted by molar-refractivity contribution is 5.78. The summed E-state index contributed by atoms with van der Waals surface area (Å²) >= 11 is 0. The normalized spacial score (nSPS) is 11.7. The lowest BCUT2D eigenvalue weighted by molar-refractivity contribution is -0.124. The highest BCUT2D eigenvalue weighted by Crippen LogP contribution is 2.16. The molecule has 110 valence electrons. The first-order valence-corrected chi connectivity index (χ1v) is 6.84. The second kappa shape index (κ2) is 7.45. The van der Waals surface area contributed by atoms with E-state index in [-0.39, 0.29) is 19.1 Å². The molecule has 0 heterocycles. The Labute approximate surface area is 124 Å². The number of carbonyl (C=O) groups excluding carboxylic acids is 1. The van der Waals surface area contributed by atoms with E-state index in [1.54, 1.807) is 0 Å². The summed E-state index contributed by atoms with van der Waals surface area (Å²) in [6.07, 6.45) is 0. The van der Waals surface area contributed by atoms with E-state index in [0.717, 1.165) is 11.1 Å². The largest absolute Gasteiger partial charge is 0.484 e. The SMILES string of the molecule is Cc1ccccc1OCC(=O)N[C@H](CO)c1ccccc1. The Morgan fingerprint density at radius 2 is 1.81 bits per heavy atom. The third kappa shape index (κ3) is 4.33. The van der Waals surface area contributed by atoms with E-state index in [0.29, 0.717) is 5.75 Å². The van der Waals surface area contributed by atoms with Gasteiger partial charge in [0.2, 0.25) is 0 Å². The molecule has 0 aromatic heterocycles. The quantitative estimate of drug-likeness (QED) is 0.855. The number of carbonyl (C=O) groups is 1. The molecule has 0 saturated carbocycles. The van der Waals surface area contributed by atoms with Crippen LogP contribution >= 0.6 is 0 Å². The van der Waals surface area contributed by atoms with E-state index in [1.165, 1.54) is 0 Å². The molecule has 0 aliphatic rings. The summed E-state index contributed by atoms with van der Waals surface area (Å²) in [5.41, 5.74) is 1.84. The average Bonchev–Trinajstić information content (AvgIpc) is 2.52. The number of nitrogens with one attached hydrogen (secondary N) is 1. The van der Waals surface area contributed by atoms with Crippen molar-refractivity contribution >= 4 is 5.91 Å². The summed E-state index contributed by atoms with van der Waals surface area (Å²) in [4.78, 5) is 11.9. The van der Waals surface area contributed by atoms with Crippen molar-refractivity contribution in [2.45, 2.75) is 13.0 Å². The molecule has 0 spiro atoms. The Balaban J connectivity index is 1.90. The van der Waals surface area contributed by atoms with Crippen LogP contribution in [-0.2, 0) is 4.79 Å². The van der Waals surface area contributed by atoms with Crippen LogP contribution in [0.15, 0.2) is 54.6 Å². The number of ether oxygens (including phenoxy) is 1. The van der Waals surface area contributed by atoms with Crippen molar-refractivity contribution in [1.82, 2.24) is 5.32 Å². The highest BCUT2D eigenvalue weighted by Gasteiger charge is 2.13. The molecule has 2 aromatic rings. The highest BCUT2D eigenvalue weighted by atomic mass is 16.5. The number of hydrogen-bond donors (Lipinski definition) is 2. The molecule has 0 unspecified atom stereocenters. The number of benzene rings is 2. The summed E-state index contributed by atoms with van der Waals surface area (Å²) in [5.74, 6) is 0.425. The molecular formula is C17H19NO3. The number of rotatable bonds is 6. The zero-order valence-electron chi connectivity index (χ0n) is 12.0. The monoisotopic (exact) mass is 285 g/mol. The van der Waals surface area contributed by atoms with Gasteiger partial charge in [-0.15, -0.1) is 0 Å². The van der Waals surface area contributed by atoms with Crippen LogP contribution < -0.4 is 10.1 Å². The third-order valence-electron chi connectivity index (χ3n) is 3.17. The van der Waals surface area contributed by atoms with Gasteiger partial charge < -0.3 is 15.2 Å². The number of aryl methyl sites for hydroxylation is 1. The standard InChI is InChI=1S/C17H19NO3/c1-13-7-5-6-10-16(13)21-12-17(20)18-15(11-19)14-8-3-2-4-9-14/h2-10,15,19H,11-12H2,1H3,(H,18,20)/t15-/m1/s1. The number of hydrogen-bond acceptors (Lipinski definition) is 3. The van der Waals surface area contributed by atoms with Gasteiger partial charge in [-0.1, -0.05) is 48.5 Å². The zero-order valence-corrected chi connectivity index (χ0v) is 12.0. The van der Waals surface area contributed by atoms with Crippen molar-refractivity contribution < 1.29 is 14.6 Å². The number of aliphatic hydroxyl groups excluding tert-OH is 1. The second-order valence-corrected chi connectivity index (χ2v) is 4.77. The average molecular weight is 285 g/mol. The van der Waals surface area contributed by atoms with Crippen molar-refractivity contribution in [3.8, 4) is 5.75 Å². The lowest BCUT2D eigenvalue weighted by Gasteiger charge is -2.17. The van der Waals surface area contributed by atoms with Gasteiger partial charge in [0.15, 0.2) is 6.61 Å². The minimum Gasteiger partial charge on any atom is -0.484 e. The molecule has 4 heteroatoms. The molecule has 0 saturated heterocycles. The summed E-state index contributed by atoms with van der Waals surface area (Å²) < 4.78 is 5.49. The fraction of sp³-hybridized carbons (Fsp3) is 0.235. The molecule has 0 aliphatic heterocycles. The lowest BCUT2D eigenvalue weighted by Crippen LogP contribution is -2.34. The first-order chi connectivity index (χ1) is 10.2. The molecule has 2 N–H and O–H groups in total. The van der Waals surface area contributed by atoms with Crippen LogP contribution in [0.25, 0.3) is 0 Å².